The number of fused-ring (bicyclic) bond motifs is 1. The average Bonchev–Trinajstić information content (AvgIpc) is 2.57. The van der Waals surface area contributed by atoms with Crippen LogP contribution in [-0.4, -0.2) is 25.9 Å². The van der Waals surface area contributed by atoms with Crippen LogP contribution in [0.2, 0.25) is 0 Å². The van der Waals surface area contributed by atoms with Crippen LogP contribution in [0.25, 0.3) is 11.1 Å². The summed E-state index contributed by atoms with van der Waals surface area (Å²) in [5.74, 6) is 0. The summed E-state index contributed by atoms with van der Waals surface area (Å²) in [4.78, 5) is 4.40. The fourth-order valence-corrected chi connectivity index (χ4v) is 2.20. The summed E-state index contributed by atoms with van der Waals surface area (Å²) in [6.07, 6.45) is 3.02. The highest BCUT2D eigenvalue weighted by atomic mass is 32.2. The van der Waals surface area contributed by atoms with Crippen LogP contribution >= 0.6 is 11.8 Å². The van der Waals surface area contributed by atoms with Gasteiger partial charge in [-0.1, -0.05) is 11.8 Å². The van der Waals surface area contributed by atoms with Gasteiger partial charge in [-0.2, -0.15) is 0 Å². The standard InChI is InChI=1S/C9H9NO3S2/c1-14-9-10-7-4-3-6(15(2,11)12)5-8(7)13-9/h3-5H,1-2H3. The molecule has 0 unspecified atom stereocenters. The molecule has 80 valence electrons. The number of aromatic nitrogens is 1. The predicted octanol–water partition coefficient (Wildman–Crippen LogP) is 1.95. The van der Waals surface area contributed by atoms with Gasteiger partial charge in [0.05, 0.1) is 4.90 Å². The van der Waals surface area contributed by atoms with Crippen molar-refractivity contribution in [1.82, 2.24) is 4.98 Å². The zero-order valence-corrected chi connectivity index (χ0v) is 9.85. The Hall–Kier alpha value is -1.01. The van der Waals surface area contributed by atoms with Crippen LogP contribution in [0.1, 0.15) is 0 Å². The van der Waals surface area contributed by atoms with Crippen LogP contribution < -0.4 is 0 Å². The van der Waals surface area contributed by atoms with Gasteiger partial charge in [-0.15, -0.1) is 0 Å². The van der Waals surface area contributed by atoms with Gasteiger partial charge in [0.1, 0.15) is 5.52 Å². The summed E-state index contributed by atoms with van der Waals surface area (Å²) in [6, 6.07) is 4.68. The second-order valence-electron chi connectivity index (χ2n) is 3.09. The van der Waals surface area contributed by atoms with E-state index in [1.807, 2.05) is 6.26 Å². The van der Waals surface area contributed by atoms with E-state index in [1.54, 1.807) is 6.07 Å². The van der Waals surface area contributed by atoms with Crippen molar-refractivity contribution in [2.75, 3.05) is 12.5 Å². The topological polar surface area (TPSA) is 60.2 Å². The molecular formula is C9H9NO3S2. The lowest BCUT2D eigenvalue weighted by molar-refractivity contribution is 0.489. The van der Waals surface area contributed by atoms with Gasteiger partial charge in [0, 0.05) is 12.3 Å². The molecule has 2 aromatic rings. The molecule has 0 aliphatic rings. The van der Waals surface area contributed by atoms with Gasteiger partial charge in [0.2, 0.25) is 0 Å². The van der Waals surface area contributed by atoms with Crippen LogP contribution in [0.5, 0.6) is 0 Å². The monoisotopic (exact) mass is 243 g/mol. The zero-order chi connectivity index (χ0) is 11.1. The molecule has 0 saturated heterocycles. The number of oxazole rings is 1. The second-order valence-corrected chi connectivity index (χ2v) is 5.86. The maximum atomic E-state index is 11.3. The maximum Gasteiger partial charge on any atom is 0.256 e. The Morgan fingerprint density at radius 2 is 2.13 bits per heavy atom. The fraction of sp³-hybridized carbons (Fsp3) is 0.222. The molecule has 4 nitrogen and oxygen atoms in total. The maximum absolute atomic E-state index is 11.3. The third-order valence-corrected chi connectivity index (χ3v) is 3.58. The number of hydrogen-bond donors (Lipinski definition) is 0. The molecule has 0 fully saturated rings. The largest absolute Gasteiger partial charge is 0.431 e. The molecule has 0 radical (unpaired) electrons. The van der Waals surface area contributed by atoms with E-state index in [2.05, 4.69) is 4.98 Å². The van der Waals surface area contributed by atoms with Gasteiger partial charge in [-0.3, -0.25) is 0 Å². The minimum absolute atomic E-state index is 0.249. The first-order chi connectivity index (χ1) is 7.00. The Balaban J connectivity index is 2.66. The molecule has 15 heavy (non-hydrogen) atoms. The van der Waals surface area contributed by atoms with Gasteiger partial charge in [0.15, 0.2) is 15.4 Å². The molecule has 0 aliphatic carbocycles. The van der Waals surface area contributed by atoms with Crippen LogP contribution in [0.15, 0.2) is 32.7 Å². The third-order valence-electron chi connectivity index (χ3n) is 1.94. The van der Waals surface area contributed by atoms with Crippen molar-refractivity contribution in [1.29, 1.82) is 0 Å². The highest BCUT2D eigenvalue weighted by Gasteiger charge is 2.11. The summed E-state index contributed by atoms with van der Waals surface area (Å²) >= 11 is 1.38. The zero-order valence-electron chi connectivity index (χ0n) is 8.22. The van der Waals surface area contributed by atoms with Crippen molar-refractivity contribution >= 4 is 32.7 Å². The van der Waals surface area contributed by atoms with Gasteiger partial charge < -0.3 is 4.42 Å². The Morgan fingerprint density at radius 3 is 2.73 bits per heavy atom. The van der Waals surface area contributed by atoms with Crippen LogP contribution in [0.4, 0.5) is 0 Å². The van der Waals surface area contributed by atoms with E-state index in [1.165, 1.54) is 30.2 Å². The number of benzene rings is 1. The van der Waals surface area contributed by atoms with Crippen LogP contribution in [0, 0.1) is 0 Å². The molecule has 0 N–H and O–H groups in total. The SMILES string of the molecule is CSc1nc2ccc(S(C)(=O)=O)cc2o1. The Kier molecular flexibility index (Phi) is 2.47. The van der Waals surface area contributed by atoms with Gasteiger partial charge in [0.25, 0.3) is 5.22 Å². The molecule has 1 heterocycles. The number of rotatable bonds is 2. The molecule has 0 spiro atoms. The van der Waals surface area contributed by atoms with Crippen molar-refractivity contribution in [3.05, 3.63) is 18.2 Å². The van der Waals surface area contributed by atoms with Crippen molar-refractivity contribution in [2.45, 2.75) is 10.1 Å². The lowest BCUT2D eigenvalue weighted by atomic mass is 10.3. The van der Waals surface area contributed by atoms with Crippen molar-refractivity contribution in [2.24, 2.45) is 0 Å². The van der Waals surface area contributed by atoms with E-state index in [9.17, 15) is 8.42 Å². The van der Waals surface area contributed by atoms with Gasteiger partial charge >= 0.3 is 0 Å². The normalized spacial score (nSPS) is 12.1. The number of thioether (sulfide) groups is 1. The molecule has 0 atom stereocenters. The number of hydrogen-bond acceptors (Lipinski definition) is 5. The summed E-state index contributed by atoms with van der Waals surface area (Å²) in [5, 5.41) is 0.538. The second kappa shape index (κ2) is 3.53. The highest BCUT2D eigenvalue weighted by molar-refractivity contribution is 7.98. The molecular weight excluding hydrogens is 234 g/mol. The molecule has 6 heteroatoms. The smallest absolute Gasteiger partial charge is 0.256 e. The molecule has 1 aromatic heterocycles. The minimum Gasteiger partial charge on any atom is -0.431 e. The van der Waals surface area contributed by atoms with E-state index < -0.39 is 9.84 Å². The first-order valence-corrected chi connectivity index (χ1v) is 7.27. The van der Waals surface area contributed by atoms with E-state index in [-0.39, 0.29) is 4.90 Å². The molecule has 0 bridgehead atoms. The average molecular weight is 243 g/mol. The molecule has 1 aromatic carbocycles. The van der Waals surface area contributed by atoms with E-state index in [0.29, 0.717) is 16.3 Å². The quantitative estimate of drug-likeness (QED) is 0.754. The van der Waals surface area contributed by atoms with Crippen LogP contribution in [-0.2, 0) is 9.84 Å². The lowest BCUT2D eigenvalue weighted by Crippen LogP contribution is -1.95. The molecule has 0 saturated carbocycles. The summed E-state index contributed by atoms with van der Waals surface area (Å²) < 4.78 is 27.9. The molecule has 0 amide bonds. The Morgan fingerprint density at radius 1 is 1.40 bits per heavy atom. The van der Waals surface area contributed by atoms with Crippen molar-refractivity contribution in [3.8, 4) is 0 Å². The third kappa shape index (κ3) is 2.00. The van der Waals surface area contributed by atoms with Crippen molar-refractivity contribution in [3.63, 3.8) is 0 Å². The Labute approximate surface area is 91.6 Å². The first kappa shape index (κ1) is 10.5. The van der Waals surface area contributed by atoms with Gasteiger partial charge in [-0.05, 0) is 18.4 Å². The van der Waals surface area contributed by atoms with E-state index >= 15 is 0 Å². The summed E-state index contributed by atoms with van der Waals surface area (Å²) in [7, 11) is -3.19. The fourth-order valence-electron chi connectivity index (χ4n) is 1.20. The minimum atomic E-state index is -3.19. The number of sulfone groups is 1. The Bertz CT molecular complexity index is 601. The summed E-state index contributed by atoms with van der Waals surface area (Å²) in [6.45, 7) is 0. The van der Waals surface area contributed by atoms with Crippen molar-refractivity contribution < 1.29 is 12.8 Å². The molecule has 2 rings (SSSR count). The number of nitrogens with zero attached hydrogens (tertiary/aromatic N) is 1. The highest BCUT2D eigenvalue weighted by Crippen LogP contribution is 2.23. The summed E-state index contributed by atoms with van der Waals surface area (Å²) in [5.41, 5.74) is 1.18. The van der Waals surface area contributed by atoms with Crippen LogP contribution in [0.3, 0.4) is 0 Å². The van der Waals surface area contributed by atoms with E-state index in [0.717, 1.165) is 0 Å². The van der Waals surface area contributed by atoms with E-state index in [4.69, 9.17) is 4.42 Å². The first-order valence-electron chi connectivity index (χ1n) is 4.15. The molecule has 0 aliphatic heterocycles. The predicted molar refractivity (Wildman–Crippen MR) is 58.9 cm³/mol. The van der Waals surface area contributed by atoms with Gasteiger partial charge in [-0.25, -0.2) is 13.4 Å². The lowest BCUT2D eigenvalue weighted by Gasteiger charge is -1.95.